The molecule has 1 saturated carbocycles. The third-order valence-corrected chi connectivity index (χ3v) is 5.53. The second-order valence-electron chi connectivity index (χ2n) is 7.44. The van der Waals surface area contributed by atoms with Crippen molar-refractivity contribution in [3.63, 3.8) is 0 Å². The van der Waals surface area contributed by atoms with E-state index in [0.29, 0.717) is 24.4 Å². The van der Waals surface area contributed by atoms with Crippen LogP contribution < -0.4 is 10.6 Å². The van der Waals surface area contributed by atoms with Crippen molar-refractivity contribution in [2.45, 2.75) is 50.6 Å². The summed E-state index contributed by atoms with van der Waals surface area (Å²) < 4.78 is 2.05. The molecule has 0 aromatic carbocycles. The molecule has 2 aromatic heterocycles. The van der Waals surface area contributed by atoms with Crippen LogP contribution in [0.4, 0.5) is 0 Å². The highest BCUT2D eigenvalue weighted by Gasteiger charge is 2.25. The topological polar surface area (TPSA) is 84.7 Å². The van der Waals surface area contributed by atoms with Crippen molar-refractivity contribution in [3.8, 4) is 11.3 Å². The van der Waals surface area contributed by atoms with Gasteiger partial charge in [0, 0.05) is 36.6 Å². The molecule has 4 rings (SSSR count). The Bertz CT molecular complexity index is 717. The third kappa shape index (κ3) is 4.09. The maximum absolute atomic E-state index is 12.2. The lowest BCUT2D eigenvalue weighted by Crippen LogP contribution is -2.38. The minimum absolute atomic E-state index is 0.214. The summed E-state index contributed by atoms with van der Waals surface area (Å²) in [4.78, 5) is 20.6. The van der Waals surface area contributed by atoms with E-state index in [0.717, 1.165) is 56.5 Å². The number of nitrogens with zero attached hydrogens (tertiary/aromatic N) is 4. The molecular weight excluding hydrogens is 328 g/mol. The van der Waals surface area contributed by atoms with Crippen LogP contribution in [0.3, 0.4) is 0 Å². The molecule has 1 aliphatic carbocycles. The molecule has 1 aliphatic heterocycles. The molecule has 2 aliphatic rings. The van der Waals surface area contributed by atoms with Crippen LogP contribution >= 0.6 is 0 Å². The first-order valence-electron chi connectivity index (χ1n) is 9.58. The largest absolute Gasteiger partial charge is 0.353 e. The quantitative estimate of drug-likeness (QED) is 0.857. The fourth-order valence-corrected chi connectivity index (χ4v) is 4.04. The molecule has 3 heterocycles. The zero-order valence-corrected chi connectivity index (χ0v) is 15.0. The van der Waals surface area contributed by atoms with Crippen LogP contribution in [0, 0.1) is 5.92 Å². The Hall–Kier alpha value is -2.28. The van der Waals surface area contributed by atoms with Gasteiger partial charge >= 0.3 is 0 Å². The summed E-state index contributed by atoms with van der Waals surface area (Å²) in [6, 6.07) is 0.704. The molecule has 0 spiro atoms. The molecule has 7 nitrogen and oxygen atoms in total. The predicted molar refractivity (Wildman–Crippen MR) is 98.3 cm³/mol. The summed E-state index contributed by atoms with van der Waals surface area (Å²) >= 11 is 0. The smallest absolute Gasteiger partial charge is 0.220 e. The molecule has 138 valence electrons. The standard InChI is InChI=1S/C19H26N6O/c26-19(9-14-5-6-20-10-14)24-16-1-3-17(4-2-16)25-13-15(11-23-25)18-12-21-7-8-22-18/h7-8,11-14,16-17,20H,1-6,9-10H2,(H,24,26). The Kier molecular flexibility index (Phi) is 5.24. The Morgan fingerprint density at radius 1 is 1.19 bits per heavy atom. The van der Waals surface area contributed by atoms with E-state index in [1.807, 2.05) is 10.9 Å². The molecule has 1 unspecified atom stereocenters. The molecule has 2 N–H and O–H groups in total. The van der Waals surface area contributed by atoms with Crippen LogP contribution in [-0.2, 0) is 4.79 Å². The van der Waals surface area contributed by atoms with Crippen LogP contribution in [0.5, 0.6) is 0 Å². The van der Waals surface area contributed by atoms with E-state index in [9.17, 15) is 4.79 Å². The normalized spacial score (nSPS) is 25.9. The van der Waals surface area contributed by atoms with Gasteiger partial charge in [0.2, 0.25) is 5.91 Å². The number of carbonyl (C=O) groups excluding carboxylic acids is 1. The van der Waals surface area contributed by atoms with E-state index in [1.165, 1.54) is 0 Å². The summed E-state index contributed by atoms with van der Waals surface area (Å²) in [7, 11) is 0. The van der Waals surface area contributed by atoms with Crippen molar-refractivity contribution in [2.75, 3.05) is 13.1 Å². The van der Waals surface area contributed by atoms with Gasteiger partial charge in [-0.15, -0.1) is 0 Å². The Morgan fingerprint density at radius 2 is 2.08 bits per heavy atom. The predicted octanol–water partition coefficient (Wildman–Crippen LogP) is 1.94. The molecule has 0 radical (unpaired) electrons. The SMILES string of the molecule is O=C(CC1CCNC1)NC1CCC(n2cc(-c3cnccn3)cn2)CC1. The number of hydrogen-bond donors (Lipinski definition) is 2. The van der Waals surface area contributed by atoms with Gasteiger partial charge < -0.3 is 10.6 Å². The first-order valence-corrected chi connectivity index (χ1v) is 9.58. The van der Waals surface area contributed by atoms with Crippen LogP contribution in [0.1, 0.15) is 44.6 Å². The highest BCUT2D eigenvalue weighted by molar-refractivity contribution is 5.76. The number of carbonyl (C=O) groups is 1. The number of amides is 1. The number of nitrogens with one attached hydrogen (secondary N) is 2. The van der Waals surface area contributed by atoms with Crippen LogP contribution in [-0.4, -0.2) is 44.8 Å². The number of aromatic nitrogens is 4. The van der Waals surface area contributed by atoms with Crippen LogP contribution in [0.25, 0.3) is 11.3 Å². The molecule has 7 heteroatoms. The lowest BCUT2D eigenvalue weighted by atomic mass is 9.91. The fraction of sp³-hybridized carbons (Fsp3) is 0.579. The van der Waals surface area contributed by atoms with Crippen molar-refractivity contribution >= 4 is 5.91 Å². The average Bonchev–Trinajstić information content (AvgIpc) is 3.35. The minimum Gasteiger partial charge on any atom is -0.353 e. The van der Waals surface area contributed by atoms with Crippen molar-refractivity contribution < 1.29 is 4.79 Å². The van der Waals surface area contributed by atoms with Gasteiger partial charge in [-0.05, 0) is 51.1 Å². The molecule has 2 aromatic rings. The summed E-state index contributed by atoms with van der Waals surface area (Å²) in [6.07, 6.45) is 14.9. The lowest BCUT2D eigenvalue weighted by Gasteiger charge is -2.29. The monoisotopic (exact) mass is 354 g/mol. The van der Waals surface area contributed by atoms with E-state index in [2.05, 4.69) is 31.9 Å². The van der Waals surface area contributed by atoms with Gasteiger partial charge in [0.15, 0.2) is 0 Å². The molecule has 1 saturated heterocycles. The number of rotatable bonds is 5. The highest BCUT2D eigenvalue weighted by Crippen LogP contribution is 2.29. The van der Waals surface area contributed by atoms with Gasteiger partial charge in [-0.1, -0.05) is 0 Å². The van der Waals surface area contributed by atoms with Gasteiger partial charge in [-0.2, -0.15) is 5.10 Å². The average molecular weight is 354 g/mol. The molecule has 26 heavy (non-hydrogen) atoms. The third-order valence-electron chi connectivity index (χ3n) is 5.53. The Labute approximate surface area is 153 Å². The Balaban J connectivity index is 1.27. The van der Waals surface area contributed by atoms with E-state index in [4.69, 9.17) is 0 Å². The van der Waals surface area contributed by atoms with Gasteiger partial charge in [0.25, 0.3) is 0 Å². The van der Waals surface area contributed by atoms with E-state index >= 15 is 0 Å². The zero-order chi connectivity index (χ0) is 17.8. The van der Waals surface area contributed by atoms with Crippen LogP contribution in [0.2, 0.25) is 0 Å². The van der Waals surface area contributed by atoms with Gasteiger partial charge in [-0.3, -0.25) is 19.4 Å². The van der Waals surface area contributed by atoms with Gasteiger partial charge in [0.05, 0.1) is 24.1 Å². The number of hydrogen-bond acceptors (Lipinski definition) is 5. The maximum atomic E-state index is 12.2. The van der Waals surface area contributed by atoms with Crippen molar-refractivity contribution in [1.29, 1.82) is 0 Å². The minimum atomic E-state index is 0.214. The second-order valence-corrected chi connectivity index (χ2v) is 7.44. The van der Waals surface area contributed by atoms with Crippen molar-refractivity contribution in [2.24, 2.45) is 5.92 Å². The van der Waals surface area contributed by atoms with E-state index in [1.54, 1.807) is 18.6 Å². The molecule has 1 atom stereocenters. The summed E-state index contributed by atoms with van der Waals surface area (Å²) in [6.45, 7) is 2.02. The van der Waals surface area contributed by atoms with Gasteiger partial charge in [0.1, 0.15) is 0 Å². The van der Waals surface area contributed by atoms with Gasteiger partial charge in [-0.25, -0.2) is 0 Å². The second kappa shape index (κ2) is 7.95. The molecule has 2 fully saturated rings. The summed E-state index contributed by atoms with van der Waals surface area (Å²) in [5, 5.41) is 11.1. The highest BCUT2D eigenvalue weighted by atomic mass is 16.1. The zero-order valence-electron chi connectivity index (χ0n) is 15.0. The first-order chi connectivity index (χ1) is 12.8. The maximum Gasteiger partial charge on any atom is 0.220 e. The van der Waals surface area contributed by atoms with E-state index < -0.39 is 0 Å². The summed E-state index contributed by atoms with van der Waals surface area (Å²) in [5.41, 5.74) is 1.85. The first kappa shape index (κ1) is 17.1. The molecule has 0 bridgehead atoms. The summed E-state index contributed by atoms with van der Waals surface area (Å²) in [5.74, 6) is 0.723. The molecule has 1 amide bonds. The van der Waals surface area contributed by atoms with Crippen LogP contribution in [0.15, 0.2) is 31.0 Å². The fourth-order valence-electron chi connectivity index (χ4n) is 4.04. The molecular formula is C19H26N6O. The Morgan fingerprint density at radius 3 is 2.81 bits per heavy atom. The van der Waals surface area contributed by atoms with Crippen molar-refractivity contribution in [3.05, 3.63) is 31.0 Å². The van der Waals surface area contributed by atoms with Crippen molar-refractivity contribution in [1.82, 2.24) is 30.4 Å². The van der Waals surface area contributed by atoms with E-state index in [-0.39, 0.29) is 5.91 Å². The lowest BCUT2D eigenvalue weighted by molar-refractivity contribution is -0.122.